The highest BCUT2D eigenvalue weighted by Crippen LogP contribution is 2.12. The smallest absolute Gasteiger partial charge is 0.299 e. The van der Waals surface area contributed by atoms with Gasteiger partial charge < -0.3 is 10.2 Å². The molecule has 4 nitrogen and oxygen atoms in total. The Hall–Kier alpha value is -1.44. The van der Waals surface area contributed by atoms with Crippen LogP contribution in [0.5, 0.6) is 0 Å². The molecule has 56 valence electrons. The second kappa shape index (κ2) is 2.66. The normalized spacial score (nSPS) is 10.6. The van der Waals surface area contributed by atoms with Gasteiger partial charge in [-0.25, -0.2) is 0 Å². The molecule has 0 saturated carbocycles. The molecule has 0 radical (unpaired) electrons. The molecule has 11 heavy (non-hydrogen) atoms. The second-order valence-corrected chi connectivity index (χ2v) is 2.00. The molecule has 1 heterocycles. The van der Waals surface area contributed by atoms with Gasteiger partial charge in [0.05, 0.1) is 0 Å². The van der Waals surface area contributed by atoms with Gasteiger partial charge in [-0.3, -0.25) is 4.98 Å². The summed E-state index contributed by atoms with van der Waals surface area (Å²) in [5.41, 5.74) is -0.0671. The van der Waals surface area contributed by atoms with Gasteiger partial charge in [-0.05, 0) is 12.1 Å². The summed E-state index contributed by atoms with van der Waals surface area (Å²) < 4.78 is 0. The molecule has 0 atom stereocenters. The molecule has 0 fully saturated rings. The number of nitriles is 1. The number of nitrogens with zero attached hydrogens (tertiary/aromatic N) is 2. The number of rotatable bonds is 1. The topological polar surface area (TPSA) is 77.1 Å². The maximum Gasteiger partial charge on any atom is 0.299 e. The lowest BCUT2D eigenvalue weighted by Gasteiger charge is -2.09. The van der Waals surface area contributed by atoms with Crippen molar-refractivity contribution in [3.63, 3.8) is 0 Å². The third-order valence-electron chi connectivity index (χ3n) is 1.18. The molecule has 1 aromatic rings. The number of aliphatic hydroxyl groups is 2. The van der Waals surface area contributed by atoms with E-state index in [-0.39, 0.29) is 5.69 Å². The third kappa shape index (κ3) is 1.52. The van der Waals surface area contributed by atoms with Crippen LogP contribution in [0.25, 0.3) is 0 Å². The summed E-state index contributed by atoms with van der Waals surface area (Å²) in [6.45, 7) is 0. The molecule has 0 aliphatic rings. The van der Waals surface area contributed by atoms with Crippen LogP contribution in [0.2, 0.25) is 0 Å². The van der Waals surface area contributed by atoms with Crippen LogP contribution in [-0.2, 0) is 5.79 Å². The fourth-order valence-corrected chi connectivity index (χ4v) is 0.626. The van der Waals surface area contributed by atoms with E-state index in [0.717, 1.165) is 0 Å². The fraction of sp³-hybridized carbons (Fsp3) is 0.143. The Kier molecular flexibility index (Phi) is 1.85. The van der Waals surface area contributed by atoms with Crippen molar-refractivity contribution in [1.82, 2.24) is 4.98 Å². The standard InChI is InChI=1S/C7H6N2O2/c8-5-7(10,11)6-3-1-2-4-9-6/h1-4,10-11H. The molecule has 0 saturated heterocycles. The van der Waals surface area contributed by atoms with E-state index < -0.39 is 5.79 Å². The zero-order chi connectivity index (χ0) is 8.32. The molecule has 0 aromatic carbocycles. The van der Waals surface area contributed by atoms with E-state index in [1.165, 1.54) is 18.3 Å². The van der Waals surface area contributed by atoms with Crippen molar-refractivity contribution in [3.8, 4) is 6.07 Å². The Morgan fingerprint density at radius 2 is 2.18 bits per heavy atom. The van der Waals surface area contributed by atoms with Gasteiger partial charge >= 0.3 is 0 Å². The molecule has 0 amide bonds. The van der Waals surface area contributed by atoms with Crippen molar-refractivity contribution in [2.45, 2.75) is 5.79 Å². The highest BCUT2D eigenvalue weighted by molar-refractivity contribution is 5.16. The summed E-state index contributed by atoms with van der Waals surface area (Å²) in [6, 6.07) is 5.86. The minimum absolute atomic E-state index is 0.0671. The molecule has 2 N–H and O–H groups in total. The molecule has 1 rings (SSSR count). The monoisotopic (exact) mass is 150 g/mol. The van der Waals surface area contributed by atoms with Crippen molar-refractivity contribution < 1.29 is 10.2 Å². The van der Waals surface area contributed by atoms with Crippen molar-refractivity contribution in [1.29, 1.82) is 5.26 Å². The summed E-state index contributed by atoms with van der Waals surface area (Å²) in [4.78, 5) is 3.60. The summed E-state index contributed by atoms with van der Waals surface area (Å²) in [5.74, 6) is -2.47. The Morgan fingerprint density at radius 3 is 2.64 bits per heavy atom. The number of hydrogen-bond donors (Lipinski definition) is 2. The van der Waals surface area contributed by atoms with Gasteiger partial charge in [0, 0.05) is 6.20 Å². The van der Waals surface area contributed by atoms with E-state index in [2.05, 4.69) is 4.98 Å². The Balaban J connectivity index is 3.05. The van der Waals surface area contributed by atoms with Crippen LogP contribution in [0.3, 0.4) is 0 Å². The van der Waals surface area contributed by atoms with Crippen molar-refractivity contribution in [2.24, 2.45) is 0 Å². The summed E-state index contributed by atoms with van der Waals surface area (Å²) in [6.07, 6.45) is 1.38. The lowest BCUT2D eigenvalue weighted by molar-refractivity contribution is -0.121. The summed E-state index contributed by atoms with van der Waals surface area (Å²) in [7, 11) is 0. The maximum atomic E-state index is 8.93. The molecule has 0 bridgehead atoms. The van der Waals surface area contributed by atoms with E-state index in [0.29, 0.717) is 0 Å². The first-order valence-corrected chi connectivity index (χ1v) is 2.94. The van der Waals surface area contributed by atoms with Gasteiger partial charge in [-0.15, -0.1) is 0 Å². The molecular weight excluding hydrogens is 144 g/mol. The molecule has 0 aliphatic heterocycles. The van der Waals surface area contributed by atoms with Gasteiger partial charge in [0.1, 0.15) is 11.8 Å². The van der Waals surface area contributed by atoms with E-state index in [1.807, 2.05) is 0 Å². The Morgan fingerprint density at radius 1 is 1.45 bits per heavy atom. The molecule has 1 aromatic heterocycles. The second-order valence-electron chi connectivity index (χ2n) is 2.00. The van der Waals surface area contributed by atoms with Crippen molar-refractivity contribution in [3.05, 3.63) is 30.1 Å². The van der Waals surface area contributed by atoms with Gasteiger partial charge in [-0.1, -0.05) is 6.07 Å². The van der Waals surface area contributed by atoms with Crippen LogP contribution < -0.4 is 0 Å². The van der Waals surface area contributed by atoms with Crippen LogP contribution in [0, 0.1) is 11.3 Å². The molecule has 4 heteroatoms. The molecule has 0 aliphatic carbocycles. The van der Waals surface area contributed by atoms with Crippen molar-refractivity contribution in [2.75, 3.05) is 0 Å². The first-order valence-electron chi connectivity index (χ1n) is 2.94. The predicted molar refractivity (Wildman–Crippen MR) is 36.0 cm³/mol. The van der Waals surface area contributed by atoms with Crippen LogP contribution in [0.1, 0.15) is 5.69 Å². The molecular formula is C7H6N2O2. The average molecular weight is 150 g/mol. The van der Waals surface area contributed by atoms with Crippen LogP contribution in [0.15, 0.2) is 24.4 Å². The minimum Gasteiger partial charge on any atom is -0.349 e. The van der Waals surface area contributed by atoms with Gasteiger partial charge in [0.2, 0.25) is 0 Å². The zero-order valence-corrected chi connectivity index (χ0v) is 5.60. The maximum absolute atomic E-state index is 8.93. The highest BCUT2D eigenvalue weighted by Gasteiger charge is 2.26. The lowest BCUT2D eigenvalue weighted by Crippen LogP contribution is -2.23. The van der Waals surface area contributed by atoms with E-state index in [4.69, 9.17) is 15.5 Å². The van der Waals surface area contributed by atoms with E-state index in [1.54, 1.807) is 12.1 Å². The zero-order valence-electron chi connectivity index (χ0n) is 5.60. The summed E-state index contributed by atoms with van der Waals surface area (Å²) in [5, 5.41) is 26.1. The van der Waals surface area contributed by atoms with Gasteiger partial charge in [-0.2, -0.15) is 5.26 Å². The lowest BCUT2D eigenvalue weighted by atomic mass is 10.2. The first kappa shape index (κ1) is 7.66. The largest absolute Gasteiger partial charge is 0.349 e. The number of hydrogen-bond acceptors (Lipinski definition) is 4. The average Bonchev–Trinajstić information content (AvgIpc) is 2.06. The van der Waals surface area contributed by atoms with E-state index >= 15 is 0 Å². The highest BCUT2D eigenvalue weighted by atomic mass is 16.5. The molecule has 0 spiro atoms. The van der Waals surface area contributed by atoms with E-state index in [9.17, 15) is 0 Å². The van der Waals surface area contributed by atoms with Gasteiger partial charge in [0.25, 0.3) is 5.79 Å². The fourth-order valence-electron chi connectivity index (χ4n) is 0.626. The number of aromatic nitrogens is 1. The first-order chi connectivity index (χ1) is 5.17. The van der Waals surface area contributed by atoms with Crippen LogP contribution in [0.4, 0.5) is 0 Å². The van der Waals surface area contributed by atoms with Crippen molar-refractivity contribution >= 4 is 0 Å². The SMILES string of the molecule is N#CC(O)(O)c1ccccn1. The summed E-state index contributed by atoms with van der Waals surface area (Å²) >= 11 is 0. The Labute approximate surface area is 63.4 Å². The molecule has 0 unspecified atom stereocenters. The predicted octanol–water partition coefficient (Wildman–Crippen LogP) is -0.257. The van der Waals surface area contributed by atoms with Gasteiger partial charge in [0.15, 0.2) is 0 Å². The Bertz CT molecular complexity index is 276. The minimum atomic E-state index is -2.47. The quantitative estimate of drug-likeness (QED) is 0.427. The number of pyridine rings is 1. The third-order valence-corrected chi connectivity index (χ3v) is 1.18. The van der Waals surface area contributed by atoms with Crippen LogP contribution in [-0.4, -0.2) is 15.2 Å². The van der Waals surface area contributed by atoms with Crippen LogP contribution >= 0.6 is 0 Å².